The second-order valence-corrected chi connectivity index (χ2v) is 4.14. The van der Waals surface area contributed by atoms with E-state index < -0.39 is 6.10 Å². The number of aliphatic hydroxyl groups is 1. The third-order valence-electron chi connectivity index (χ3n) is 2.78. The van der Waals surface area contributed by atoms with Crippen molar-refractivity contribution in [2.75, 3.05) is 31.7 Å². The van der Waals surface area contributed by atoms with E-state index in [0.29, 0.717) is 18.9 Å². The quantitative estimate of drug-likeness (QED) is 0.699. The maximum Gasteiger partial charge on any atom is 0.246 e. The lowest BCUT2D eigenvalue weighted by Gasteiger charge is -2.16. The summed E-state index contributed by atoms with van der Waals surface area (Å²) in [6.07, 6.45) is 4.20. The second kappa shape index (κ2) is 5.74. The normalized spacial score (nSPS) is 23.1. The van der Waals surface area contributed by atoms with Gasteiger partial charge < -0.3 is 20.1 Å². The van der Waals surface area contributed by atoms with Crippen molar-refractivity contribution in [3.63, 3.8) is 0 Å². The first-order valence-corrected chi connectivity index (χ1v) is 5.68. The number of rotatable bonds is 4. The molecule has 0 aromatic carbocycles. The summed E-state index contributed by atoms with van der Waals surface area (Å²) < 4.78 is 4.73. The molecule has 7 heteroatoms. The standard InChI is InChI=1S/C11H16N4O3/c1-18-7-11(17)14-8-5-15(6-9(8)16)10-4-12-2-3-13-10/h2-4,8-9,16H,5-7H2,1H3,(H,14,17)/t8-,9-/m1/s1. The van der Waals surface area contributed by atoms with E-state index in [0.717, 1.165) is 0 Å². The maximum absolute atomic E-state index is 11.4. The first-order valence-electron chi connectivity index (χ1n) is 5.68. The number of methoxy groups -OCH3 is 1. The Hall–Kier alpha value is -1.73. The molecule has 1 saturated heterocycles. The van der Waals surface area contributed by atoms with Gasteiger partial charge in [0.15, 0.2) is 0 Å². The average molecular weight is 252 g/mol. The van der Waals surface area contributed by atoms with Crippen molar-refractivity contribution in [1.29, 1.82) is 0 Å². The third kappa shape index (κ3) is 2.93. The van der Waals surface area contributed by atoms with Gasteiger partial charge in [-0.15, -0.1) is 0 Å². The van der Waals surface area contributed by atoms with Crippen molar-refractivity contribution in [3.8, 4) is 0 Å². The van der Waals surface area contributed by atoms with Gasteiger partial charge in [-0.25, -0.2) is 4.98 Å². The van der Waals surface area contributed by atoms with Crippen LogP contribution in [0.1, 0.15) is 0 Å². The van der Waals surface area contributed by atoms with Crippen LogP contribution in [0.3, 0.4) is 0 Å². The van der Waals surface area contributed by atoms with Crippen molar-refractivity contribution < 1.29 is 14.6 Å². The Labute approximate surface area is 105 Å². The monoisotopic (exact) mass is 252 g/mol. The molecule has 2 heterocycles. The Morgan fingerprint density at radius 1 is 1.61 bits per heavy atom. The highest BCUT2D eigenvalue weighted by molar-refractivity contribution is 5.77. The van der Waals surface area contributed by atoms with E-state index in [9.17, 15) is 9.90 Å². The van der Waals surface area contributed by atoms with Gasteiger partial charge in [-0.1, -0.05) is 0 Å². The zero-order chi connectivity index (χ0) is 13.0. The van der Waals surface area contributed by atoms with Crippen molar-refractivity contribution >= 4 is 11.7 Å². The zero-order valence-corrected chi connectivity index (χ0v) is 10.1. The van der Waals surface area contributed by atoms with Gasteiger partial charge in [0.05, 0.1) is 18.3 Å². The van der Waals surface area contributed by atoms with Gasteiger partial charge in [-0.2, -0.15) is 0 Å². The molecule has 2 atom stereocenters. The number of aliphatic hydroxyl groups excluding tert-OH is 1. The zero-order valence-electron chi connectivity index (χ0n) is 10.1. The van der Waals surface area contributed by atoms with E-state index in [1.165, 1.54) is 7.11 Å². The lowest BCUT2D eigenvalue weighted by atomic mass is 10.2. The van der Waals surface area contributed by atoms with Crippen molar-refractivity contribution in [2.24, 2.45) is 0 Å². The number of carbonyl (C=O) groups excluding carboxylic acids is 1. The van der Waals surface area contributed by atoms with E-state index in [2.05, 4.69) is 15.3 Å². The fourth-order valence-corrected chi connectivity index (χ4v) is 1.95. The van der Waals surface area contributed by atoms with Crippen LogP contribution in [0.2, 0.25) is 0 Å². The van der Waals surface area contributed by atoms with Crippen LogP contribution in [-0.4, -0.2) is 59.9 Å². The summed E-state index contributed by atoms with van der Waals surface area (Å²) in [7, 11) is 1.45. The molecule has 1 aromatic rings. The molecular formula is C11H16N4O3. The van der Waals surface area contributed by atoms with Gasteiger partial charge in [0.2, 0.25) is 5.91 Å². The Balaban J connectivity index is 1.95. The molecule has 2 rings (SSSR count). The molecule has 2 N–H and O–H groups in total. The van der Waals surface area contributed by atoms with Gasteiger partial charge in [0.1, 0.15) is 12.4 Å². The van der Waals surface area contributed by atoms with Crippen molar-refractivity contribution in [2.45, 2.75) is 12.1 Å². The lowest BCUT2D eigenvalue weighted by Crippen LogP contribution is -2.44. The van der Waals surface area contributed by atoms with Crippen molar-refractivity contribution in [1.82, 2.24) is 15.3 Å². The first-order chi connectivity index (χ1) is 8.70. The highest BCUT2D eigenvalue weighted by Gasteiger charge is 2.33. The summed E-state index contributed by atoms with van der Waals surface area (Å²) >= 11 is 0. The number of nitrogens with one attached hydrogen (secondary N) is 1. The number of ether oxygens (including phenoxy) is 1. The van der Waals surface area contributed by atoms with Gasteiger partial charge in [0, 0.05) is 32.6 Å². The van der Waals surface area contributed by atoms with Crippen LogP contribution in [-0.2, 0) is 9.53 Å². The van der Waals surface area contributed by atoms with Gasteiger partial charge in [0.25, 0.3) is 0 Å². The van der Waals surface area contributed by atoms with Crippen LogP contribution in [0.5, 0.6) is 0 Å². The number of hydrogen-bond donors (Lipinski definition) is 2. The number of amides is 1. The highest BCUT2D eigenvalue weighted by Crippen LogP contribution is 2.16. The molecule has 0 radical (unpaired) electrons. The fraction of sp³-hybridized carbons (Fsp3) is 0.545. The van der Waals surface area contributed by atoms with E-state index in [4.69, 9.17) is 4.74 Å². The first kappa shape index (κ1) is 12.7. The molecule has 0 saturated carbocycles. The molecule has 0 aliphatic carbocycles. The number of anilines is 1. The predicted octanol–water partition coefficient (Wildman–Crippen LogP) is -1.21. The summed E-state index contributed by atoms with van der Waals surface area (Å²) in [6.45, 7) is 0.931. The Morgan fingerprint density at radius 2 is 2.44 bits per heavy atom. The van der Waals surface area contributed by atoms with Gasteiger partial charge in [-0.05, 0) is 0 Å². The topological polar surface area (TPSA) is 87.6 Å². The smallest absolute Gasteiger partial charge is 0.246 e. The molecule has 1 amide bonds. The molecule has 1 aliphatic rings. The maximum atomic E-state index is 11.4. The summed E-state index contributed by atoms with van der Waals surface area (Å²) in [6, 6.07) is -0.311. The van der Waals surface area contributed by atoms with Gasteiger partial charge in [-0.3, -0.25) is 9.78 Å². The summed E-state index contributed by atoms with van der Waals surface area (Å²) in [5.41, 5.74) is 0. The molecule has 18 heavy (non-hydrogen) atoms. The predicted molar refractivity (Wildman–Crippen MR) is 64.1 cm³/mol. The minimum absolute atomic E-state index is 0.00559. The summed E-state index contributed by atoms with van der Waals surface area (Å²) in [4.78, 5) is 21.4. The Bertz CT molecular complexity index is 401. The Kier molecular flexibility index (Phi) is 4.06. The van der Waals surface area contributed by atoms with E-state index in [1.54, 1.807) is 18.6 Å². The average Bonchev–Trinajstić information content (AvgIpc) is 2.72. The van der Waals surface area contributed by atoms with Crippen LogP contribution in [0.4, 0.5) is 5.82 Å². The van der Waals surface area contributed by atoms with Crippen LogP contribution in [0.15, 0.2) is 18.6 Å². The molecule has 7 nitrogen and oxygen atoms in total. The van der Waals surface area contributed by atoms with Crippen LogP contribution in [0, 0.1) is 0 Å². The molecule has 1 aliphatic heterocycles. The fourth-order valence-electron chi connectivity index (χ4n) is 1.95. The largest absolute Gasteiger partial charge is 0.389 e. The third-order valence-corrected chi connectivity index (χ3v) is 2.78. The van der Waals surface area contributed by atoms with E-state index in [1.807, 2.05) is 4.90 Å². The lowest BCUT2D eigenvalue weighted by molar-refractivity contribution is -0.125. The number of hydrogen-bond acceptors (Lipinski definition) is 6. The molecule has 0 bridgehead atoms. The minimum atomic E-state index is -0.618. The SMILES string of the molecule is COCC(=O)N[C@@H]1CN(c2cnccn2)C[C@H]1O. The number of β-amino-alcohol motifs (C(OH)–C–C–N with tert-alkyl or cyclic N) is 1. The van der Waals surface area contributed by atoms with Gasteiger partial charge >= 0.3 is 0 Å². The molecule has 0 unspecified atom stereocenters. The molecule has 0 spiro atoms. The summed E-state index contributed by atoms with van der Waals surface area (Å²) in [5, 5.41) is 12.6. The van der Waals surface area contributed by atoms with Crippen LogP contribution in [0.25, 0.3) is 0 Å². The van der Waals surface area contributed by atoms with E-state index in [-0.39, 0.29) is 18.6 Å². The van der Waals surface area contributed by atoms with E-state index >= 15 is 0 Å². The van der Waals surface area contributed by atoms with Crippen LogP contribution >= 0.6 is 0 Å². The molecule has 1 aromatic heterocycles. The molecule has 98 valence electrons. The minimum Gasteiger partial charge on any atom is -0.389 e. The van der Waals surface area contributed by atoms with Crippen LogP contribution < -0.4 is 10.2 Å². The number of carbonyl (C=O) groups is 1. The highest BCUT2D eigenvalue weighted by atomic mass is 16.5. The molecule has 1 fully saturated rings. The second-order valence-electron chi connectivity index (χ2n) is 4.14. The Morgan fingerprint density at radius 3 is 3.11 bits per heavy atom. The molecular weight excluding hydrogens is 236 g/mol. The summed E-state index contributed by atoms with van der Waals surface area (Å²) in [5.74, 6) is 0.461. The number of nitrogens with zero attached hydrogens (tertiary/aromatic N) is 3. The van der Waals surface area contributed by atoms with Crippen molar-refractivity contribution in [3.05, 3.63) is 18.6 Å². The number of aromatic nitrogens is 2.